The van der Waals surface area contributed by atoms with Crippen LogP contribution < -0.4 is 5.32 Å². The summed E-state index contributed by atoms with van der Waals surface area (Å²) in [5.74, 6) is 0. The van der Waals surface area contributed by atoms with Crippen LogP contribution in [0.4, 0.5) is 0 Å². The number of aryl methyl sites for hydroxylation is 1. The van der Waals surface area contributed by atoms with Crippen molar-refractivity contribution in [2.45, 2.75) is 44.4 Å². The first-order valence-electron chi connectivity index (χ1n) is 7.37. The van der Waals surface area contributed by atoms with Crippen molar-refractivity contribution in [3.63, 3.8) is 0 Å². The van der Waals surface area contributed by atoms with E-state index in [4.69, 9.17) is 23.2 Å². The van der Waals surface area contributed by atoms with Crippen molar-refractivity contribution in [2.75, 3.05) is 6.54 Å². The molecule has 3 rings (SSSR count). The smallest absolute Gasteiger partial charge is 0.109 e. The number of nitrogens with zero attached hydrogens (tertiary/aromatic N) is 2. The second kappa shape index (κ2) is 6.53. The Morgan fingerprint density at radius 1 is 1.38 bits per heavy atom. The van der Waals surface area contributed by atoms with Gasteiger partial charge in [0.05, 0.1) is 28.0 Å². The van der Waals surface area contributed by atoms with E-state index in [1.807, 2.05) is 6.07 Å². The Hall–Kier alpha value is -0.810. The number of aliphatic hydroxyl groups excluding tert-OH is 1. The number of hydrogen-bond donors (Lipinski definition) is 2. The quantitative estimate of drug-likeness (QED) is 0.906. The van der Waals surface area contributed by atoms with Gasteiger partial charge >= 0.3 is 0 Å². The molecular weight excluding hydrogens is 309 g/mol. The average Bonchev–Trinajstić information content (AvgIpc) is 2.89. The summed E-state index contributed by atoms with van der Waals surface area (Å²) in [5, 5.41) is 14.4. The summed E-state index contributed by atoms with van der Waals surface area (Å²) >= 11 is 12.2. The average molecular weight is 328 g/mol. The van der Waals surface area contributed by atoms with Gasteiger partial charge in [-0.1, -0.05) is 23.2 Å². The zero-order valence-corrected chi connectivity index (χ0v) is 13.2. The van der Waals surface area contributed by atoms with Crippen molar-refractivity contribution in [1.82, 2.24) is 14.9 Å². The van der Waals surface area contributed by atoms with E-state index in [2.05, 4.69) is 14.9 Å². The van der Waals surface area contributed by atoms with Crippen molar-refractivity contribution in [3.05, 3.63) is 28.5 Å². The van der Waals surface area contributed by atoms with E-state index in [9.17, 15) is 5.11 Å². The molecule has 0 unspecified atom stereocenters. The molecular formula is C15H19Cl2N3O. The molecule has 0 bridgehead atoms. The number of imidazole rings is 1. The third kappa shape index (κ3) is 3.19. The highest BCUT2D eigenvalue weighted by molar-refractivity contribution is 6.44. The van der Waals surface area contributed by atoms with E-state index in [1.54, 1.807) is 12.4 Å². The lowest BCUT2D eigenvalue weighted by Crippen LogP contribution is -2.44. The van der Waals surface area contributed by atoms with Crippen LogP contribution in [0.25, 0.3) is 11.0 Å². The van der Waals surface area contributed by atoms with Crippen molar-refractivity contribution < 1.29 is 5.11 Å². The molecule has 4 nitrogen and oxygen atoms in total. The Balaban J connectivity index is 1.64. The summed E-state index contributed by atoms with van der Waals surface area (Å²) in [7, 11) is 0. The molecule has 2 N–H and O–H groups in total. The molecule has 0 saturated carbocycles. The minimum atomic E-state index is -0.216. The van der Waals surface area contributed by atoms with Gasteiger partial charge in [0, 0.05) is 12.6 Å². The summed E-state index contributed by atoms with van der Waals surface area (Å²) in [6.07, 6.45) is 5.50. The number of aromatic nitrogens is 2. The van der Waals surface area contributed by atoms with Crippen LogP contribution in [0.2, 0.25) is 10.0 Å². The molecule has 6 heteroatoms. The molecule has 1 aliphatic heterocycles. The number of aliphatic hydroxyl groups is 1. The maximum absolute atomic E-state index is 9.95. The summed E-state index contributed by atoms with van der Waals surface area (Å²) in [6, 6.07) is 3.97. The SMILES string of the molecule is O[C@@H]1CCCN[C@@H]1CCCn1cnc2c(Cl)c(Cl)ccc21. The second-order valence-corrected chi connectivity index (χ2v) is 6.36. The van der Waals surface area contributed by atoms with Crippen LogP contribution in [-0.4, -0.2) is 33.3 Å². The summed E-state index contributed by atoms with van der Waals surface area (Å²) < 4.78 is 2.09. The van der Waals surface area contributed by atoms with Crippen molar-refractivity contribution in [3.8, 4) is 0 Å². The fourth-order valence-corrected chi connectivity index (χ4v) is 3.33. The van der Waals surface area contributed by atoms with Crippen LogP contribution >= 0.6 is 23.2 Å². The molecule has 0 radical (unpaired) electrons. The zero-order valence-electron chi connectivity index (χ0n) is 11.7. The maximum Gasteiger partial charge on any atom is 0.109 e. The first-order chi connectivity index (χ1) is 10.2. The first-order valence-corrected chi connectivity index (χ1v) is 8.12. The Morgan fingerprint density at radius 2 is 2.24 bits per heavy atom. The standard InChI is InChI=1S/C15H19Cl2N3O/c16-10-5-6-12-15(14(10)17)19-9-20(12)8-2-3-11-13(21)4-1-7-18-11/h5-6,9,11,13,18,21H,1-4,7-8H2/t11-,13-/m1/s1. The van der Waals surface area contributed by atoms with E-state index in [1.165, 1.54) is 0 Å². The lowest BCUT2D eigenvalue weighted by molar-refractivity contribution is 0.0909. The van der Waals surface area contributed by atoms with Gasteiger partial charge in [-0.3, -0.25) is 0 Å². The van der Waals surface area contributed by atoms with Crippen LogP contribution in [0.5, 0.6) is 0 Å². The fraction of sp³-hybridized carbons (Fsp3) is 0.533. The molecule has 2 heterocycles. The van der Waals surface area contributed by atoms with Crippen LogP contribution in [0, 0.1) is 0 Å². The Kier molecular flexibility index (Phi) is 4.69. The number of fused-ring (bicyclic) bond motifs is 1. The van der Waals surface area contributed by atoms with Crippen LogP contribution in [0.15, 0.2) is 18.5 Å². The monoisotopic (exact) mass is 327 g/mol. The molecule has 1 aromatic heterocycles. The molecule has 2 atom stereocenters. The minimum Gasteiger partial charge on any atom is -0.392 e. The van der Waals surface area contributed by atoms with Gasteiger partial charge in [0.2, 0.25) is 0 Å². The Bertz CT molecular complexity index is 629. The lowest BCUT2D eigenvalue weighted by Gasteiger charge is -2.29. The lowest BCUT2D eigenvalue weighted by atomic mass is 9.97. The van der Waals surface area contributed by atoms with Crippen molar-refractivity contribution >= 4 is 34.2 Å². The van der Waals surface area contributed by atoms with Crippen molar-refractivity contribution in [2.24, 2.45) is 0 Å². The Labute approximate surface area is 134 Å². The second-order valence-electron chi connectivity index (χ2n) is 5.58. The highest BCUT2D eigenvalue weighted by Crippen LogP contribution is 2.29. The molecule has 21 heavy (non-hydrogen) atoms. The van der Waals surface area contributed by atoms with Gasteiger partial charge in [0.25, 0.3) is 0 Å². The number of nitrogens with one attached hydrogen (secondary N) is 1. The first kappa shape index (κ1) is 15.1. The zero-order chi connectivity index (χ0) is 14.8. The van der Waals surface area contributed by atoms with Gasteiger partial charge in [0.1, 0.15) is 5.52 Å². The number of rotatable bonds is 4. The van der Waals surface area contributed by atoms with Gasteiger partial charge < -0.3 is 15.0 Å². The predicted molar refractivity (Wildman–Crippen MR) is 86.0 cm³/mol. The number of piperidine rings is 1. The molecule has 1 aliphatic rings. The molecule has 0 aliphatic carbocycles. The fourth-order valence-electron chi connectivity index (χ4n) is 2.96. The van der Waals surface area contributed by atoms with E-state index in [0.717, 1.165) is 49.8 Å². The van der Waals surface area contributed by atoms with Gasteiger partial charge in [0.15, 0.2) is 0 Å². The maximum atomic E-state index is 9.95. The minimum absolute atomic E-state index is 0.214. The molecule has 114 valence electrons. The van der Waals surface area contributed by atoms with E-state index >= 15 is 0 Å². The van der Waals surface area contributed by atoms with Gasteiger partial charge in [-0.15, -0.1) is 0 Å². The van der Waals surface area contributed by atoms with Crippen LogP contribution in [0.3, 0.4) is 0 Å². The van der Waals surface area contributed by atoms with Crippen LogP contribution in [-0.2, 0) is 6.54 Å². The molecule has 1 saturated heterocycles. The molecule has 2 aromatic rings. The topological polar surface area (TPSA) is 50.1 Å². The van der Waals surface area contributed by atoms with E-state index in [0.29, 0.717) is 10.0 Å². The number of benzene rings is 1. The summed E-state index contributed by atoms with van der Waals surface area (Å²) in [4.78, 5) is 4.34. The van der Waals surface area contributed by atoms with E-state index in [-0.39, 0.29) is 12.1 Å². The van der Waals surface area contributed by atoms with Crippen molar-refractivity contribution in [1.29, 1.82) is 0 Å². The summed E-state index contributed by atoms with van der Waals surface area (Å²) in [6.45, 7) is 1.86. The third-order valence-corrected chi connectivity index (χ3v) is 4.94. The largest absolute Gasteiger partial charge is 0.392 e. The van der Waals surface area contributed by atoms with Crippen LogP contribution in [0.1, 0.15) is 25.7 Å². The van der Waals surface area contributed by atoms with Gasteiger partial charge in [-0.05, 0) is 44.4 Å². The highest BCUT2D eigenvalue weighted by atomic mass is 35.5. The Morgan fingerprint density at radius 3 is 3.05 bits per heavy atom. The van der Waals surface area contributed by atoms with Gasteiger partial charge in [-0.25, -0.2) is 4.98 Å². The predicted octanol–water partition coefficient (Wildman–Crippen LogP) is 3.24. The molecule has 0 amide bonds. The number of halogens is 2. The normalized spacial score (nSPS) is 22.8. The van der Waals surface area contributed by atoms with E-state index < -0.39 is 0 Å². The molecule has 0 spiro atoms. The third-order valence-electron chi connectivity index (χ3n) is 4.15. The molecule has 1 fully saturated rings. The highest BCUT2D eigenvalue weighted by Gasteiger charge is 2.21. The molecule has 1 aromatic carbocycles. The number of hydrogen-bond acceptors (Lipinski definition) is 3. The van der Waals surface area contributed by atoms with Gasteiger partial charge in [-0.2, -0.15) is 0 Å². The summed E-state index contributed by atoms with van der Waals surface area (Å²) in [5.41, 5.74) is 1.75.